The molecule has 0 aliphatic carbocycles. The Morgan fingerprint density at radius 1 is 1.11 bits per heavy atom. The molecule has 1 aromatic heterocycles. The Morgan fingerprint density at radius 2 is 1.84 bits per heavy atom. The molecule has 1 amide bonds. The lowest BCUT2D eigenvalue weighted by atomic mass is 9.95. The van der Waals surface area contributed by atoms with Gasteiger partial charge in [0.1, 0.15) is 23.9 Å². The second-order valence-corrected chi connectivity index (χ2v) is 9.90. The first-order chi connectivity index (χ1) is 17.7. The van der Waals surface area contributed by atoms with Crippen LogP contribution >= 0.6 is 34.5 Å². The lowest BCUT2D eigenvalue weighted by molar-refractivity contribution is -0.132. The van der Waals surface area contributed by atoms with Gasteiger partial charge in [0.2, 0.25) is 0 Å². The number of thiazole rings is 1. The number of halogens is 2. The topological polar surface area (TPSA) is 115 Å². The van der Waals surface area contributed by atoms with E-state index >= 15 is 0 Å². The minimum absolute atomic E-state index is 0.0808. The number of hydrogen-bond donors (Lipinski definition) is 1. The van der Waals surface area contributed by atoms with Gasteiger partial charge in [0.15, 0.2) is 16.6 Å². The lowest BCUT2D eigenvalue weighted by Gasteiger charge is -2.23. The molecule has 2 aromatic carbocycles. The van der Waals surface area contributed by atoms with E-state index in [4.69, 9.17) is 37.4 Å². The van der Waals surface area contributed by atoms with Crippen molar-refractivity contribution in [2.75, 3.05) is 25.2 Å². The van der Waals surface area contributed by atoms with Crippen LogP contribution in [0.5, 0.6) is 11.5 Å². The maximum atomic E-state index is 13.4. The fraction of sp³-hybridized carbons (Fsp3) is 0.200. The second kappa shape index (κ2) is 9.70. The molecular formula is C25H18Cl2N2O7S. The van der Waals surface area contributed by atoms with Gasteiger partial charge in [-0.3, -0.25) is 14.5 Å². The third-order valence-corrected chi connectivity index (χ3v) is 7.76. The molecule has 0 spiro atoms. The zero-order chi connectivity index (χ0) is 26.4. The van der Waals surface area contributed by atoms with E-state index in [0.717, 1.165) is 16.2 Å². The van der Waals surface area contributed by atoms with Crippen LogP contribution in [0.2, 0.25) is 10.0 Å². The number of aromatic nitrogens is 1. The maximum Gasteiger partial charge on any atom is 0.350 e. The molecule has 5 rings (SSSR count). The summed E-state index contributed by atoms with van der Waals surface area (Å²) < 4.78 is 15.9. The molecule has 1 atom stereocenters. The van der Waals surface area contributed by atoms with Gasteiger partial charge in [-0.25, -0.2) is 9.78 Å². The van der Waals surface area contributed by atoms with Gasteiger partial charge in [0.05, 0.1) is 34.5 Å². The molecule has 1 unspecified atom stereocenters. The van der Waals surface area contributed by atoms with Crippen LogP contribution in [0.3, 0.4) is 0 Å². The van der Waals surface area contributed by atoms with E-state index in [1.165, 1.54) is 25.3 Å². The number of aliphatic hydroxyl groups is 1. The summed E-state index contributed by atoms with van der Waals surface area (Å²) in [6.07, 6.45) is 0. The molecule has 1 fully saturated rings. The molecule has 3 aromatic rings. The quantitative estimate of drug-likeness (QED) is 0.206. The Kier molecular flexibility index (Phi) is 6.57. The van der Waals surface area contributed by atoms with Crippen molar-refractivity contribution < 1.29 is 33.7 Å². The number of esters is 1. The molecule has 2 aliphatic heterocycles. The molecule has 1 saturated heterocycles. The van der Waals surface area contributed by atoms with Gasteiger partial charge in [0.25, 0.3) is 5.78 Å². The van der Waals surface area contributed by atoms with Gasteiger partial charge < -0.3 is 19.3 Å². The first-order valence-corrected chi connectivity index (χ1v) is 12.5. The van der Waals surface area contributed by atoms with Crippen LogP contribution in [0.15, 0.2) is 42.0 Å². The normalized spacial score (nSPS) is 18.3. The Labute approximate surface area is 224 Å². The van der Waals surface area contributed by atoms with Crippen LogP contribution in [0, 0.1) is 6.92 Å². The number of hydrogen-bond acceptors (Lipinski definition) is 9. The number of rotatable bonds is 4. The van der Waals surface area contributed by atoms with Crippen molar-refractivity contribution in [3.05, 3.63) is 73.7 Å². The zero-order valence-corrected chi connectivity index (χ0v) is 21.7. The third-order valence-electron chi connectivity index (χ3n) is 5.88. The van der Waals surface area contributed by atoms with Crippen molar-refractivity contribution in [3.63, 3.8) is 0 Å². The van der Waals surface area contributed by atoms with Gasteiger partial charge in [-0.05, 0) is 42.8 Å². The summed E-state index contributed by atoms with van der Waals surface area (Å²) in [5.74, 6) is -2.02. The predicted molar refractivity (Wildman–Crippen MR) is 137 cm³/mol. The number of methoxy groups -OCH3 is 1. The highest BCUT2D eigenvalue weighted by atomic mass is 35.5. The van der Waals surface area contributed by atoms with E-state index in [0.29, 0.717) is 36.0 Å². The highest BCUT2D eigenvalue weighted by Gasteiger charge is 2.48. The van der Waals surface area contributed by atoms with Crippen molar-refractivity contribution >= 4 is 63.1 Å². The summed E-state index contributed by atoms with van der Waals surface area (Å²) in [5, 5.41) is 11.9. The fourth-order valence-electron chi connectivity index (χ4n) is 4.14. The van der Waals surface area contributed by atoms with E-state index in [-0.39, 0.29) is 31.2 Å². The molecule has 1 N–H and O–H groups in total. The molecule has 3 heterocycles. The van der Waals surface area contributed by atoms with Crippen LogP contribution in [-0.4, -0.2) is 48.1 Å². The summed E-state index contributed by atoms with van der Waals surface area (Å²) in [7, 11) is 1.23. The maximum absolute atomic E-state index is 13.4. The summed E-state index contributed by atoms with van der Waals surface area (Å²) >= 11 is 13.3. The highest BCUT2D eigenvalue weighted by Crippen LogP contribution is 2.45. The number of carbonyl (C=O) groups is 3. The summed E-state index contributed by atoms with van der Waals surface area (Å²) in [4.78, 5) is 44.6. The average molecular weight is 561 g/mol. The number of carbonyl (C=O) groups excluding carboxylic acids is 3. The van der Waals surface area contributed by atoms with Gasteiger partial charge in [-0.15, -0.1) is 0 Å². The largest absolute Gasteiger partial charge is 0.507 e. The minimum Gasteiger partial charge on any atom is -0.507 e. The molecule has 0 saturated carbocycles. The van der Waals surface area contributed by atoms with Crippen molar-refractivity contribution in [1.29, 1.82) is 0 Å². The molecule has 190 valence electrons. The Morgan fingerprint density at radius 3 is 2.54 bits per heavy atom. The summed E-state index contributed by atoms with van der Waals surface area (Å²) in [6, 6.07) is 8.22. The van der Waals surface area contributed by atoms with E-state index in [9.17, 15) is 19.5 Å². The molecule has 2 aliphatic rings. The van der Waals surface area contributed by atoms with Gasteiger partial charge in [-0.2, -0.15) is 0 Å². The number of aryl methyl sites for hydroxylation is 1. The Balaban J connectivity index is 1.70. The number of anilines is 1. The molecule has 9 nitrogen and oxygen atoms in total. The van der Waals surface area contributed by atoms with E-state index in [1.54, 1.807) is 25.1 Å². The summed E-state index contributed by atoms with van der Waals surface area (Å²) in [6.45, 7) is 2.31. The smallest absolute Gasteiger partial charge is 0.350 e. The number of fused-ring (bicyclic) bond motifs is 1. The first kappa shape index (κ1) is 25.1. The molecule has 12 heteroatoms. The number of benzene rings is 2. The Hall–Kier alpha value is -3.60. The average Bonchev–Trinajstić information content (AvgIpc) is 3.41. The van der Waals surface area contributed by atoms with Crippen LogP contribution in [-0.2, 0) is 14.3 Å². The second-order valence-electron chi connectivity index (χ2n) is 8.10. The standard InChI is InChI=1S/C25H18Cl2N2O7S/c1-11-22(24(33)34-2)37-25(28-11)29-19(12-3-5-14(26)15(27)9-12)18(21(31)23(29)32)20(30)13-4-6-16-17(10-13)36-8-7-35-16/h3-6,9-10,19,30H,7-8H2,1-2H3/b20-18+. The zero-order valence-electron chi connectivity index (χ0n) is 19.4. The number of amides is 1. The van der Waals surface area contributed by atoms with E-state index in [2.05, 4.69) is 4.98 Å². The van der Waals surface area contributed by atoms with Crippen molar-refractivity contribution in [2.24, 2.45) is 0 Å². The van der Waals surface area contributed by atoms with Gasteiger partial charge in [0, 0.05) is 5.56 Å². The third kappa shape index (κ3) is 4.30. The Bertz CT molecular complexity index is 1500. The lowest BCUT2D eigenvalue weighted by Crippen LogP contribution is -2.29. The molecular weight excluding hydrogens is 543 g/mol. The SMILES string of the molecule is COC(=O)c1sc(N2C(=O)C(=O)/C(=C(/O)c3ccc4c(c3)OCCO4)C2c2ccc(Cl)c(Cl)c2)nc1C. The fourth-order valence-corrected chi connectivity index (χ4v) is 5.46. The first-order valence-electron chi connectivity index (χ1n) is 10.9. The number of ether oxygens (including phenoxy) is 3. The monoisotopic (exact) mass is 560 g/mol. The minimum atomic E-state index is -1.11. The van der Waals surface area contributed by atoms with E-state index in [1.807, 2.05) is 0 Å². The van der Waals surface area contributed by atoms with Crippen LogP contribution in [0.1, 0.15) is 32.5 Å². The molecule has 37 heavy (non-hydrogen) atoms. The number of nitrogens with zero attached hydrogens (tertiary/aromatic N) is 2. The van der Waals surface area contributed by atoms with Gasteiger partial charge in [-0.1, -0.05) is 40.6 Å². The van der Waals surface area contributed by atoms with Crippen molar-refractivity contribution in [1.82, 2.24) is 4.98 Å². The molecule has 0 bridgehead atoms. The van der Waals surface area contributed by atoms with Crippen LogP contribution in [0.25, 0.3) is 5.76 Å². The van der Waals surface area contributed by atoms with Crippen LogP contribution in [0.4, 0.5) is 5.13 Å². The number of Topliss-reactive ketones (excluding diaryl/α,β-unsaturated/α-hetero) is 1. The van der Waals surface area contributed by atoms with Crippen molar-refractivity contribution in [3.8, 4) is 11.5 Å². The van der Waals surface area contributed by atoms with Crippen LogP contribution < -0.4 is 14.4 Å². The summed E-state index contributed by atoms with van der Waals surface area (Å²) in [5.41, 5.74) is 0.791. The van der Waals surface area contributed by atoms with Gasteiger partial charge >= 0.3 is 11.9 Å². The van der Waals surface area contributed by atoms with E-state index < -0.39 is 29.5 Å². The number of ketones is 1. The van der Waals surface area contributed by atoms with Crippen molar-refractivity contribution in [2.45, 2.75) is 13.0 Å². The highest BCUT2D eigenvalue weighted by molar-refractivity contribution is 7.17. The number of aliphatic hydroxyl groups excluding tert-OH is 1. The molecule has 0 radical (unpaired) electrons. The predicted octanol–water partition coefficient (Wildman–Crippen LogP) is 4.94.